The fourth-order valence-electron chi connectivity index (χ4n) is 3.04. The van der Waals surface area contributed by atoms with E-state index in [1.54, 1.807) is 11.3 Å². The first-order chi connectivity index (χ1) is 9.65. The van der Waals surface area contributed by atoms with Crippen LogP contribution in [0.3, 0.4) is 0 Å². The molecule has 1 N–H and O–H groups in total. The van der Waals surface area contributed by atoms with Crippen molar-refractivity contribution >= 4 is 22.9 Å². The van der Waals surface area contributed by atoms with Crippen LogP contribution < -0.4 is 5.32 Å². The van der Waals surface area contributed by atoms with Gasteiger partial charge in [-0.1, -0.05) is 38.3 Å². The Morgan fingerprint density at radius 3 is 2.70 bits per heavy atom. The molecule has 0 bridgehead atoms. The van der Waals surface area contributed by atoms with Gasteiger partial charge in [0.25, 0.3) is 0 Å². The molecular weight excluding hydrogens is 288 g/mol. The normalized spacial score (nSPS) is 16.6. The predicted octanol–water partition coefficient (Wildman–Crippen LogP) is 4.39. The van der Waals surface area contributed by atoms with Gasteiger partial charge >= 0.3 is 0 Å². The second kappa shape index (κ2) is 8.38. The molecule has 1 aromatic rings. The van der Waals surface area contributed by atoms with Crippen molar-refractivity contribution in [3.63, 3.8) is 0 Å². The minimum atomic E-state index is 0.756. The highest BCUT2D eigenvalue weighted by Gasteiger charge is 2.22. The summed E-state index contributed by atoms with van der Waals surface area (Å²) in [7, 11) is 0. The molecule has 20 heavy (non-hydrogen) atoms. The maximum Gasteiger partial charge on any atom is 0.0931 e. The first kappa shape index (κ1) is 16.3. The van der Waals surface area contributed by atoms with Gasteiger partial charge in [0.15, 0.2) is 0 Å². The summed E-state index contributed by atoms with van der Waals surface area (Å²) in [5, 5.41) is 3.55. The van der Waals surface area contributed by atoms with Crippen LogP contribution in [0.25, 0.3) is 0 Å². The van der Waals surface area contributed by atoms with E-state index in [4.69, 9.17) is 11.6 Å². The van der Waals surface area contributed by atoms with Crippen LogP contribution in [-0.2, 0) is 6.54 Å². The Bertz CT molecular complexity index is 386. The molecule has 1 fully saturated rings. The summed E-state index contributed by atoms with van der Waals surface area (Å²) >= 11 is 7.62. The van der Waals surface area contributed by atoms with E-state index in [2.05, 4.69) is 30.1 Å². The molecular formula is C16H27ClN2S. The first-order valence-electron chi connectivity index (χ1n) is 7.84. The fourth-order valence-corrected chi connectivity index (χ4v) is 4.10. The summed E-state index contributed by atoms with van der Waals surface area (Å²) in [6.07, 6.45) is 5.63. The number of halogens is 1. The molecule has 2 rings (SSSR count). The van der Waals surface area contributed by atoms with Crippen molar-refractivity contribution in [2.75, 3.05) is 19.6 Å². The van der Waals surface area contributed by atoms with Crippen molar-refractivity contribution in [1.82, 2.24) is 10.2 Å². The standard InChI is InChI=1S/C16H27ClN2S/c1-13(2)12-19(14-5-3-4-6-14)10-9-18-11-15-7-8-16(17)20-15/h7-8,13-14,18H,3-6,9-12H2,1-2H3. The number of nitrogens with one attached hydrogen (secondary N) is 1. The summed E-state index contributed by atoms with van der Waals surface area (Å²) in [4.78, 5) is 4.03. The van der Waals surface area contributed by atoms with E-state index >= 15 is 0 Å². The number of hydrogen-bond acceptors (Lipinski definition) is 3. The lowest BCUT2D eigenvalue weighted by molar-refractivity contribution is 0.177. The van der Waals surface area contributed by atoms with Gasteiger partial charge in [-0.15, -0.1) is 11.3 Å². The van der Waals surface area contributed by atoms with Crippen LogP contribution in [0, 0.1) is 5.92 Å². The third-order valence-corrected chi connectivity index (χ3v) is 5.18. The van der Waals surface area contributed by atoms with Crippen LogP contribution in [0.2, 0.25) is 4.34 Å². The summed E-state index contributed by atoms with van der Waals surface area (Å²) in [5.41, 5.74) is 0. The SMILES string of the molecule is CC(C)CN(CCNCc1ccc(Cl)s1)C1CCCC1. The molecule has 0 amide bonds. The van der Waals surface area contributed by atoms with Crippen LogP contribution in [0.1, 0.15) is 44.4 Å². The van der Waals surface area contributed by atoms with Crippen molar-refractivity contribution in [1.29, 1.82) is 0 Å². The number of hydrogen-bond donors (Lipinski definition) is 1. The predicted molar refractivity (Wildman–Crippen MR) is 89.7 cm³/mol. The molecule has 0 radical (unpaired) electrons. The molecule has 0 aromatic carbocycles. The van der Waals surface area contributed by atoms with Gasteiger partial charge in [0.05, 0.1) is 4.34 Å². The Balaban J connectivity index is 1.70. The quantitative estimate of drug-likeness (QED) is 0.716. The first-order valence-corrected chi connectivity index (χ1v) is 9.03. The maximum absolute atomic E-state index is 5.95. The van der Waals surface area contributed by atoms with E-state index in [-0.39, 0.29) is 0 Å². The van der Waals surface area contributed by atoms with Gasteiger partial charge in [0.2, 0.25) is 0 Å². The zero-order valence-corrected chi connectivity index (χ0v) is 14.3. The molecule has 1 aliphatic rings. The molecule has 1 saturated carbocycles. The second-order valence-corrected chi connectivity index (χ2v) is 8.01. The van der Waals surface area contributed by atoms with Crippen LogP contribution >= 0.6 is 22.9 Å². The highest BCUT2D eigenvalue weighted by Crippen LogP contribution is 2.24. The van der Waals surface area contributed by atoms with Gasteiger partial charge in [0, 0.05) is 37.1 Å². The Morgan fingerprint density at radius 2 is 2.10 bits per heavy atom. The van der Waals surface area contributed by atoms with Gasteiger partial charge < -0.3 is 5.32 Å². The Kier molecular flexibility index (Phi) is 6.82. The van der Waals surface area contributed by atoms with Crippen molar-refractivity contribution in [3.8, 4) is 0 Å². The Morgan fingerprint density at radius 1 is 1.35 bits per heavy atom. The van der Waals surface area contributed by atoms with Crippen molar-refractivity contribution in [2.24, 2.45) is 5.92 Å². The minimum Gasteiger partial charge on any atom is -0.311 e. The van der Waals surface area contributed by atoms with E-state index in [0.29, 0.717) is 0 Å². The monoisotopic (exact) mass is 314 g/mol. The highest BCUT2D eigenvalue weighted by molar-refractivity contribution is 7.16. The molecule has 114 valence electrons. The Labute approximate surface area is 132 Å². The van der Waals surface area contributed by atoms with Crippen molar-refractivity contribution in [3.05, 3.63) is 21.3 Å². The summed E-state index contributed by atoms with van der Waals surface area (Å²) in [5.74, 6) is 0.756. The minimum absolute atomic E-state index is 0.756. The maximum atomic E-state index is 5.95. The number of nitrogens with zero attached hydrogens (tertiary/aromatic N) is 1. The Hall–Kier alpha value is -0.0900. The van der Waals surface area contributed by atoms with E-state index in [0.717, 1.165) is 29.4 Å². The van der Waals surface area contributed by atoms with Crippen LogP contribution in [0.15, 0.2) is 12.1 Å². The number of thiophene rings is 1. The molecule has 1 aliphatic carbocycles. The fraction of sp³-hybridized carbons (Fsp3) is 0.750. The second-order valence-electron chi connectivity index (χ2n) is 6.21. The van der Waals surface area contributed by atoms with E-state index in [1.807, 2.05) is 6.07 Å². The molecule has 0 saturated heterocycles. The van der Waals surface area contributed by atoms with E-state index in [1.165, 1.54) is 43.6 Å². The topological polar surface area (TPSA) is 15.3 Å². The molecule has 1 heterocycles. The zero-order valence-electron chi connectivity index (χ0n) is 12.7. The summed E-state index contributed by atoms with van der Waals surface area (Å²) in [6, 6.07) is 4.92. The van der Waals surface area contributed by atoms with Gasteiger partial charge in [-0.25, -0.2) is 0 Å². The third-order valence-electron chi connectivity index (χ3n) is 3.94. The van der Waals surface area contributed by atoms with E-state index < -0.39 is 0 Å². The van der Waals surface area contributed by atoms with Gasteiger partial charge in [0.1, 0.15) is 0 Å². The lowest BCUT2D eigenvalue weighted by atomic mass is 10.1. The lowest BCUT2D eigenvalue weighted by Crippen LogP contribution is -2.40. The molecule has 0 unspecified atom stereocenters. The van der Waals surface area contributed by atoms with Crippen molar-refractivity contribution in [2.45, 2.75) is 52.1 Å². The van der Waals surface area contributed by atoms with E-state index in [9.17, 15) is 0 Å². The van der Waals surface area contributed by atoms with Crippen LogP contribution in [0.5, 0.6) is 0 Å². The van der Waals surface area contributed by atoms with Gasteiger partial charge in [-0.05, 0) is 30.9 Å². The molecule has 2 nitrogen and oxygen atoms in total. The van der Waals surface area contributed by atoms with Crippen LogP contribution in [0.4, 0.5) is 0 Å². The number of rotatable bonds is 8. The molecule has 0 atom stereocenters. The highest BCUT2D eigenvalue weighted by atomic mass is 35.5. The molecule has 0 aliphatic heterocycles. The summed E-state index contributed by atoms with van der Waals surface area (Å²) in [6.45, 7) is 9.06. The van der Waals surface area contributed by atoms with Crippen LogP contribution in [-0.4, -0.2) is 30.6 Å². The average molecular weight is 315 g/mol. The molecule has 4 heteroatoms. The molecule has 1 aromatic heterocycles. The summed E-state index contributed by atoms with van der Waals surface area (Å²) < 4.78 is 0.884. The largest absolute Gasteiger partial charge is 0.311 e. The lowest BCUT2D eigenvalue weighted by Gasteiger charge is -2.30. The average Bonchev–Trinajstić information content (AvgIpc) is 3.04. The van der Waals surface area contributed by atoms with Crippen molar-refractivity contribution < 1.29 is 0 Å². The zero-order chi connectivity index (χ0) is 14.4. The van der Waals surface area contributed by atoms with Gasteiger partial charge in [-0.3, -0.25) is 4.90 Å². The van der Waals surface area contributed by atoms with Gasteiger partial charge in [-0.2, -0.15) is 0 Å². The molecule has 0 spiro atoms. The smallest absolute Gasteiger partial charge is 0.0931 e. The third kappa shape index (κ3) is 5.36.